The van der Waals surface area contributed by atoms with Gasteiger partial charge in [0.1, 0.15) is 5.82 Å². The van der Waals surface area contributed by atoms with Crippen LogP contribution in [0.5, 0.6) is 0 Å². The van der Waals surface area contributed by atoms with Crippen LogP contribution in [0.15, 0.2) is 82.3 Å². The molecule has 0 radical (unpaired) electrons. The first kappa shape index (κ1) is 26.2. The second-order valence-corrected chi connectivity index (χ2v) is 10.5. The third-order valence-corrected chi connectivity index (χ3v) is 7.63. The van der Waals surface area contributed by atoms with Crippen LogP contribution in [-0.4, -0.2) is 36.7 Å². The van der Waals surface area contributed by atoms with Crippen molar-refractivity contribution >= 4 is 28.1 Å². The van der Waals surface area contributed by atoms with Gasteiger partial charge < -0.3 is 10.6 Å². The number of amidine groups is 1. The van der Waals surface area contributed by atoms with Gasteiger partial charge in [0.05, 0.1) is 5.84 Å². The summed E-state index contributed by atoms with van der Waals surface area (Å²) in [5.74, 6) is 0.783. The lowest BCUT2D eigenvalue weighted by Gasteiger charge is -2.32. The van der Waals surface area contributed by atoms with Crippen molar-refractivity contribution < 1.29 is 9.18 Å². The molecule has 36 heavy (non-hydrogen) atoms. The first-order valence-electron chi connectivity index (χ1n) is 12.5. The van der Waals surface area contributed by atoms with Gasteiger partial charge in [0.15, 0.2) is 11.8 Å². The SMILES string of the molecule is Cc1ccc(C(C=O)(N=C(N)CCCN2CCC(c3ccc(F)cc3)CC2)c2ccc(Br)cc2)cc1. The molecule has 188 valence electrons. The van der Waals surface area contributed by atoms with Gasteiger partial charge in [-0.15, -0.1) is 0 Å². The standard InChI is InChI=1S/C30H33BrFN3O/c1-22-4-8-25(9-5-22)30(21-36,26-10-12-27(31)13-11-26)34-29(33)3-2-18-35-19-16-24(17-20-35)23-6-14-28(32)15-7-23/h4-15,21,24H,2-3,16-20H2,1H3,(H2,33,34). The van der Waals surface area contributed by atoms with E-state index >= 15 is 0 Å². The summed E-state index contributed by atoms with van der Waals surface area (Å²) < 4.78 is 14.2. The molecule has 1 aliphatic rings. The zero-order valence-corrected chi connectivity index (χ0v) is 22.3. The predicted molar refractivity (Wildman–Crippen MR) is 148 cm³/mol. The Balaban J connectivity index is 1.41. The zero-order valence-electron chi connectivity index (χ0n) is 20.7. The maximum Gasteiger partial charge on any atom is 0.167 e. The Kier molecular flexibility index (Phi) is 8.70. The lowest BCUT2D eigenvalue weighted by atomic mass is 9.84. The average molecular weight is 551 g/mol. The van der Waals surface area contributed by atoms with Crippen LogP contribution in [0.2, 0.25) is 0 Å². The number of halogens is 2. The predicted octanol–water partition coefficient (Wildman–Crippen LogP) is 6.36. The van der Waals surface area contributed by atoms with E-state index in [9.17, 15) is 9.18 Å². The second kappa shape index (κ2) is 11.9. The Labute approximate surface area is 221 Å². The van der Waals surface area contributed by atoms with Crippen molar-refractivity contribution in [1.29, 1.82) is 0 Å². The summed E-state index contributed by atoms with van der Waals surface area (Å²) in [6.45, 7) is 4.98. The van der Waals surface area contributed by atoms with Crippen LogP contribution >= 0.6 is 15.9 Å². The first-order chi connectivity index (χ1) is 17.4. The van der Waals surface area contributed by atoms with Crippen molar-refractivity contribution in [1.82, 2.24) is 4.90 Å². The number of rotatable bonds is 9. The maximum atomic E-state index is 13.2. The number of hydrogen-bond donors (Lipinski definition) is 1. The Morgan fingerprint density at radius 2 is 1.61 bits per heavy atom. The fourth-order valence-electron chi connectivity index (χ4n) is 4.96. The molecule has 1 fully saturated rings. The zero-order chi connectivity index (χ0) is 25.5. The molecule has 4 nitrogen and oxygen atoms in total. The van der Waals surface area contributed by atoms with Crippen LogP contribution in [0.3, 0.4) is 0 Å². The second-order valence-electron chi connectivity index (χ2n) is 9.63. The van der Waals surface area contributed by atoms with E-state index < -0.39 is 5.54 Å². The number of carbonyl (C=O) groups is 1. The van der Waals surface area contributed by atoms with E-state index in [0.717, 1.165) is 66.3 Å². The van der Waals surface area contributed by atoms with E-state index in [2.05, 4.69) is 20.8 Å². The molecule has 1 saturated heterocycles. The fraction of sp³-hybridized carbons (Fsp3) is 0.333. The summed E-state index contributed by atoms with van der Waals surface area (Å²) in [5.41, 5.74) is 9.19. The minimum absolute atomic E-state index is 0.184. The van der Waals surface area contributed by atoms with Gasteiger partial charge in [-0.3, -0.25) is 4.79 Å². The molecule has 4 rings (SSSR count). The Morgan fingerprint density at radius 3 is 2.19 bits per heavy atom. The van der Waals surface area contributed by atoms with E-state index in [1.165, 1.54) is 5.56 Å². The molecule has 0 amide bonds. The Bertz CT molecular complexity index is 1120. The third-order valence-electron chi connectivity index (χ3n) is 7.10. The van der Waals surface area contributed by atoms with Gasteiger partial charge in [0.2, 0.25) is 0 Å². The number of benzene rings is 3. The van der Waals surface area contributed by atoms with Crippen molar-refractivity contribution in [2.24, 2.45) is 10.7 Å². The van der Waals surface area contributed by atoms with E-state index in [4.69, 9.17) is 10.7 Å². The smallest absolute Gasteiger partial charge is 0.167 e. The Morgan fingerprint density at radius 1 is 1.03 bits per heavy atom. The molecule has 1 heterocycles. The highest BCUT2D eigenvalue weighted by molar-refractivity contribution is 9.10. The molecule has 3 aromatic rings. The van der Waals surface area contributed by atoms with E-state index in [1.807, 2.05) is 67.6 Å². The van der Waals surface area contributed by atoms with E-state index in [-0.39, 0.29) is 5.82 Å². The number of aldehydes is 1. The van der Waals surface area contributed by atoms with Crippen LogP contribution < -0.4 is 5.73 Å². The molecule has 0 aromatic heterocycles. The van der Waals surface area contributed by atoms with Gasteiger partial charge in [-0.1, -0.05) is 70.0 Å². The summed E-state index contributed by atoms with van der Waals surface area (Å²) in [4.78, 5) is 19.9. The van der Waals surface area contributed by atoms with Crippen molar-refractivity contribution in [3.63, 3.8) is 0 Å². The van der Waals surface area contributed by atoms with Gasteiger partial charge in [-0.2, -0.15) is 0 Å². The number of aryl methyl sites for hydroxylation is 1. The lowest BCUT2D eigenvalue weighted by molar-refractivity contribution is -0.111. The van der Waals surface area contributed by atoms with E-state index in [1.54, 1.807) is 12.1 Å². The number of likely N-dealkylation sites (tertiary alicyclic amines) is 1. The molecule has 1 aliphatic heterocycles. The minimum atomic E-state index is -1.17. The highest BCUT2D eigenvalue weighted by Crippen LogP contribution is 2.34. The average Bonchev–Trinajstić information content (AvgIpc) is 2.89. The number of nitrogens with two attached hydrogens (primary N) is 1. The minimum Gasteiger partial charge on any atom is -0.387 e. The molecule has 2 N–H and O–H groups in total. The number of piperidine rings is 1. The third kappa shape index (κ3) is 6.29. The molecule has 0 saturated carbocycles. The summed E-state index contributed by atoms with van der Waals surface area (Å²) in [5, 5.41) is 0. The van der Waals surface area contributed by atoms with Crippen molar-refractivity contribution in [2.75, 3.05) is 19.6 Å². The molecule has 3 aromatic carbocycles. The van der Waals surface area contributed by atoms with Crippen molar-refractivity contribution in [2.45, 2.75) is 44.1 Å². The molecular weight excluding hydrogens is 517 g/mol. The largest absolute Gasteiger partial charge is 0.387 e. The summed E-state index contributed by atoms with van der Waals surface area (Å²) >= 11 is 3.47. The number of nitrogens with zero attached hydrogens (tertiary/aromatic N) is 2. The fourth-order valence-corrected chi connectivity index (χ4v) is 5.23. The van der Waals surface area contributed by atoms with Gasteiger partial charge in [-0.25, -0.2) is 9.38 Å². The van der Waals surface area contributed by atoms with Crippen LogP contribution in [0.1, 0.15) is 53.9 Å². The lowest BCUT2D eigenvalue weighted by Crippen LogP contribution is -2.34. The highest BCUT2D eigenvalue weighted by atomic mass is 79.9. The van der Waals surface area contributed by atoms with Gasteiger partial charge in [-0.05, 0) is 92.7 Å². The van der Waals surface area contributed by atoms with Crippen LogP contribution in [0.25, 0.3) is 0 Å². The van der Waals surface area contributed by atoms with Gasteiger partial charge in [0, 0.05) is 10.9 Å². The highest BCUT2D eigenvalue weighted by Gasteiger charge is 2.34. The van der Waals surface area contributed by atoms with Crippen LogP contribution in [0.4, 0.5) is 4.39 Å². The quantitative estimate of drug-likeness (QED) is 0.192. The summed E-state index contributed by atoms with van der Waals surface area (Å²) in [6, 6.07) is 22.5. The molecular formula is C30H33BrFN3O. The number of hydrogen-bond acceptors (Lipinski definition) is 3. The topological polar surface area (TPSA) is 58.7 Å². The van der Waals surface area contributed by atoms with Crippen LogP contribution in [0, 0.1) is 12.7 Å². The Hall–Kier alpha value is -2.83. The normalized spacial score (nSPS) is 17.0. The monoisotopic (exact) mass is 549 g/mol. The van der Waals surface area contributed by atoms with Crippen LogP contribution in [-0.2, 0) is 10.3 Å². The van der Waals surface area contributed by atoms with Crippen molar-refractivity contribution in [3.05, 3.63) is 105 Å². The van der Waals surface area contributed by atoms with Gasteiger partial charge >= 0.3 is 0 Å². The summed E-state index contributed by atoms with van der Waals surface area (Å²) in [7, 11) is 0. The van der Waals surface area contributed by atoms with E-state index in [0.29, 0.717) is 18.2 Å². The molecule has 0 bridgehead atoms. The molecule has 1 atom stereocenters. The summed E-state index contributed by atoms with van der Waals surface area (Å²) in [6.07, 6.45) is 4.53. The molecule has 0 aliphatic carbocycles. The van der Waals surface area contributed by atoms with Crippen molar-refractivity contribution in [3.8, 4) is 0 Å². The number of aliphatic imine (C=N–C) groups is 1. The molecule has 0 spiro atoms. The molecule has 6 heteroatoms. The molecule has 1 unspecified atom stereocenters. The maximum absolute atomic E-state index is 13.2. The first-order valence-corrected chi connectivity index (χ1v) is 13.3. The van der Waals surface area contributed by atoms with Gasteiger partial charge in [0.25, 0.3) is 0 Å². The number of carbonyl (C=O) groups excluding carboxylic acids is 1.